The van der Waals surface area contributed by atoms with Crippen LogP contribution in [-0.2, 0) is 20.7 Å². The molecule has 0 atom stereocenters. The van der Waals surface area contributed by atoms with E-state index in [1.54, 1.807) is 0 Å². The van der Waals surface area contributed by atoms with Crippen molar-refractivity contribution in [2.75, 3.05) is 19.0 Å². The lowest BCUT2D eigenvalue weighted by atomic mass is 10.1. The summed E-state index contributed by atoms with van der Waals surface area (Å²) in [6.07, 6.45) is 0.187. The summed E-state index contributed by atoms with van der Waals surface area (Å²) in [6.45, 7) is -0.204. The van der Waals surface area contributed by atoms with Gasteiger partial charge in [0, 0.05) is 0 Å². The van der Waals surface area contributed by atoms with Crippen LogP contribution in [0.3, 0.4) is 0 Å². The zero-order chi connectivity index (χ0) is 18.2. The fourth-order valence-corrected chi connectivity index (χ4v) is 2.25. The van der Waals surface area contributed by atoms with E-state index in [-0.39, 0.29) is 35.1 Å². The molecule has 0 heterocycles. The number of ether oxygens (including phenoxy) is 1. The maximum Gasteiger partial charge on any atom is 0.337 e. The van der Waals surface area contributed by atoms with E-state index in [1.807, 2.05) is 30.3 Å². The van der Waals surface area contributed by atoms with E-state index in [0.29, 0.717) is 0 Å². The number of halogens is 1. The van der Waals surface area contributed by atoms with Crippen LogP contribution in [0.2, 0.25) is 5.02 Å². The summed E-state index contributed by atoms with van der Waals surface area (Å²) in [4.78, 5) is 35.3. The Bertz CT molecular complexity index is 778. The number of rotatable bonds is 6. The Morgan fingerprint density at radius 2 is 1.76 bits per heavy atom. The number of methoxy groups -OCH3 is 1. The Morgan fingerprint density at radius 3 is 2.44 bits per heavy atom. The van der Waals surface area contributed by atoms with E-state index in [2.05, 4.69) is 15.4 Å². The maximum absolute atomic E-state index is 12.0. The molecule has 0 aliphatic heterocycles. The second-order valence-electron chi connectivity index (χ2n) is 5.17. The Morgan fingerprint density at radius 1 is 1.04 bits per heavy atom. The van der Waals surface area contributed by atoms with Crippen LogP contribution >= 0.6 is 11.6 Å². The minimum Gasteiger partial charge on any atom is -0.465 e. The van der Waals surface area contributed by atoms with Crippen LogP contribution < -0.4 is 10.6 Å². The molecule has 130 valence electrons. The van der Waals surface area contributed by atoms with E-state index < -0.39 is 11.9 Å². The SMILES string of the molecule is COC(=O)c1ccc(Cl)c(NC(=O)CNC(=O)Cc2ccccc2)c1. The highest BCUT2D eigenvalue weighted by Crippen LogP contribution is 2.23. The Kier molecular flexibility index (Phi) is 6.54. The van der Waals surface area contributed by atoms with Gasteiger partial charge in [0.25, 0.3) is 0 Å². The van der Waals surface area contributed by atoms with Crippen LogP contribution in [0.4, 0.5) is 5.69 Å². The van der Waals surface area contributed by atoms with Crippen molar-refractivity contribution < 1.29 is 19.1 Å². The number of carbonyl (C=O) groups excluding carboxylic acids is 3. The first-order valence-corrected chi connectivity index (χ1v) is 7.85. The molecule has 7 heteroatoms. The Balaban J connectivity index is 1.89. The molecular formula is C18H17ClN2O4. The molecule has 0 fully saturated rings. The van der Waals surface area contributed by atoms with Gasteiger partial charge >= 0.3 is 5.97 Å². The summed E-state index contributed by atoms with van der Waals surface area (Å²) < 4.78 is 4.62. The predicted molar refractivity (Wildman–Crippen MR) is 94.6 cm³/mol. The molecule has 0 saturated heterocycles. The molecule has 2 rings (SSSR count). The van der Waals surface area contributed by atoms with Crippen LogP contribution in [0.5, 0.6) is 0 Å². The van der Waals surface area contributed by atoms with Gasteiger partial charge in [-0.05, 0) is 23.8 Å². The van der Waals surface area contributed by atoms with E-state index >= 15 is 0 Å². The molecule has 2 amide bonds. The van der Waals surface area contributed by atoms with Gasteiger partial charge in [-0.2, -0.15) is 0 Å². The van der Waals surface area contributed by atoms with Crippen molar-refractivity contribution >= 4 is 35.1 Å². The van der Waals surface area contributed by atoms with Crippen molar-refractivity contribution in [2.24, 2.45) is 0 Å². The lowest BCUT2D eigenvalue weighted by molar-refractivity contribution is -0.123. The first kappa shape index (κ1) is 18.5. The molecule has 0 aliphatic rings. The normalized spacial score (nSPS) is 10.0. The lowest BCUT2D eigenvalue weighted by Crippen LogP contribution is -2.33. The minimum atomic E-state index is -0.539. The molecule has 2 aromatic rings. The molecule has 2 N–H and O–H groups in total. The standard InChI is InChI=1S/C18H17ClN2O4/c1-25-18(24)13-7-8-14(19)15(10-13)21-17(23)11-20-16(22)9-12-5-3-2-4-6-12/h2-8,10H,9,11H2,1H3,(H,20,22)(H,21,23). The highest BCUT2D eigenvalue weighted by Gasteiger charge is 2.12. The highest BCUT2D eigenvalue weighted by atomic mass is 35.5. The van der Waals surface area contributed by atoms with Crippen LogP contribution in [-0.4, -0.2) is 31.4 Å². The molecular weight excluding hydrogens is 344 g/mol. The molecule has 25 heavy (non-hydrogen) atoms. The molecule has 0 saturated carbocycles. The van der Waals surface area contributed by atoms with Gasteiger partial charge in [-0.3, -0.25) is 9.59 Å². The van der Waals surface area contributed by atoms with Gasteiger partial charge in [-0.15, -0.1) is 0 Å². The lowest BCUT2D eigenvalue weighted by Gasteiger charge is -2.10. The third kappa shape index (κ3) is 5.61. The van der Waals surface area contributed by atoms with Crippen molar-refractivity contribution in [1.29, 1.82) is 0 Å². The number of nitrogens with one attached hydrogen (secondary N) is 2. The van der Waals surface area contributed by atoms with Crippen molar-refractivity contribution in [3.8, 4) is 0 Å². The summed E-state index contributed by atoms with van der Waals surface area (Å²) in [5.74, 6) is -1.26. The largest absolute Gasteiger partial charge is 0.465 e. The van der Waals surface area contributed by atoms with Gasteiger partial charge in [0.15, 0.2) is 0 Å². The predicted octanol–water partition coefficient (Wildman–Crippen LogP) is 2.42. The fourth-order valence-electron chi connectivity index (χ4n) is 2.08. The second-order valence-corrected chi connectivity index (χ2v) is 5.58. The van der Waals surface area contributed by atoms with Crippen LogP contribution in [0.1, 0.15) is 15.9 Å². The number of carbonyl (C=O) groups is 3. The molecule has 0 aliphatic carbocycles. The van der Waals surface area contributed by atoms with E-state index in [9.17, 15) is 14.4 Å². The van der Waals surface area contributed by atoms with E-state index in [1.165, 1.54) is 25.3 Å². The average molecular weight is 361 g/mol. The maximum atomic E-state index is 12.0. The smallest absolute Gasteiger partial charge is 0.337 e. The first-order valence-electron chi connectivity index (χ1n) is 7.48. The second kappa shape index (κ2) is 8.84. The number of hydrogen-bond donors (Lipinski definition) is 2. The molecule has 0 bridgehead atoms. The van der Waals surface area contributed by atoms with Crippen molar-refractivity contribution in [3.63, 3.8) is 0 Å². The van der Waals surface area contributed by atoms with Crippen LogP contribution in [0, 0.1) is 0 Å². The van der Waals surface area contributed by atoms with Crippen molar-refractivity contribution in [3.05, 3.63) is 64.7 Å². The average Bonchev–Trinajstić information content (AvgIpc) is 2.62. The summed E-state index contributed by atoms with van der Waals surface area (Å²) >= 11 is 6.00. The number of hydrogen-bond acceptors (Lipinski definition) is 4. The van der Waals surface area contributed by atoms with Crippen molar-refractivity contribution in [2.45, 2.75) is 6.42 Å². The number of benzene rings is 2. The third-order valence-electron chi connectivity index (χ3n) is 3.32. The summed E-state index contributed by atoms with van der Waals surface area (Å²) in [5.41, 5.74) is 1.39. The van der Waals surface area contributed by atoms with E-state index in [0.717, 1.165) is 5.56 Å². The van der Waals surface area contributed by atoms with Gasteiger partial charge < -0.3 is 15.4 Å². The number of esters is 1. The van der Waals surface area contributed by atoms with Gasteiger partial charge in [0.05, 0.1) is 36.3 Å². The fraction of sp³-hybridized carbons (Fsp3) is 0.167. The molecule has 0 radical (unpaired) electrons. The molecule has 2 aromatic carbocycles. The van der Waals surface area contributed by atoms with Crippen LogP contribution in [0.15, 0.2) is 48.5 Å². The number of amides is 2. The molecule has 6 nitrogen and oxygen atoms in total. The zero-order valence-electron chi connectivity index (χ0n) is 13.5. The Labute approximate surface area is 150 Å². The number of anilines is 1. The van der Waals surface area contributed by atoms with Gasteiger partial charge in [-0.1, -0.05) is 41.9 Å². The monoisotopic (exact) mass is 360 g/mol. The topological polar surface area (TPSA) is 84.5 Å². The highest BCUT2D eigenvalue weighted by molar-refractivity contribution is 6.33. The molecule has 0 aromatic heterocycles. The van der Waals surface area contributed by atoms with Gasteiger partial charge in [0.2, 0.25) is 11.8 Å². The third-order valence-corrected chi connectivity index (χ3v) is 3.64. The minimum absolute atomic E-state index is 0.187. The van der Waals surface area contributed by atoms with Crippen LogP contribution in [0.25, 0.3) is 0 Å². The summed E-state index contributed by atoms with van der Waals surface area (Å²) in [6, 6.07) is 13.6. The van der Waals surface area contributed by atoms with Gasteiger partial charge in [-0.25, -0.2) is 4.79 Å². The quantitative estimate of drug-likeness (QED) is 0.775. The summed E-state index contributed by atoms with van der Waals surface area (Å²) in [5, 5.41) is 5.36. The van der Waals surface area contributed by atoms with Crippen molar-refractivity contribution in [1.82, 2.24) is 5.32 Å². The molecule has 0 spiro atoms. The Hall–Kier alpha value is -2.86. The molecule has 0 unspecified atom stereocenters. The van der Waals surface area contributed by atoms with Gasteiger partial charge in [0.1, 0.15) is 0 Å². The van der Waals surface area contributed by atoms with E-state index in [4.69, 9.17) is 11.6 Å². The first-order chi connectivity index (χ1) is 12.0. The summed E-state index contributed by atoms with van der Waals surface area (Å²) in [7, 11) is 1.26. The zero-order valence-corrected chi connectivity index (χ0v) is 14.3.